The maximum absolute atomic E-state index is 5.95. The molecule has 0 aliphatic rings. The van der Waals surface area contributed by atoms with E-state index in [-0.39, 0.29) is 24.0 Å². The highest BCUT2D eigenvalue weighted by molar-refractivity contribution is 14.0. The number of rotatable bonds is 6. The van der Waals surface area contributed by atoms with Crippen LogP contribution in [0, 0.1) is 0 Å². The summed E-state index contributed by atoms with van der Waals surface area (Å²) >= 11 is 5.95. The van der Waals surface area contributed by atoms with Gasteiger partial charge in [-0.3, -0.25) is 4.99 Å². The smallest absolute Gasteiger partial charge is 0.193 e. The van der Waals surface area contributed by atoms with E-state index in [4.69, 9.17) is 11.6 Å². The third-order valence-corrected chi connectivity index (χ3v) is 4.41. The third-order valence-electron chi connectivity index (χ3n) is 4.16. The number of hydrogen-bond donors (Lipinski definition) is 1. The van der Waals surface area contributed by atoms with Gasteiger partial charge in [0, 0.05) is 32.2 Å². The molecule has 0 aliphatic heterocycles. The quantitative estimate of drug-likeness (QED) is 0.311. The molecule has 0 amide bonds. The maximum atomic E-state index is 5.95. The molecule has 1 aromatic heterocycles. The van der Waals surface area contributed by atoms with Gasteiger partial charge in [0.15, 0.2) is 5.96 Å². The van der Waals surface area contributed by atoms with Gasteiger partial charge in [0.25, 0.3) is 0 Å². The second-order valence-electron chi connectivity index (χ2n) is 6.30. The Morgan fingerprint density at radius 3 is 2.57 bits per heavy atom. The van der Waals surface area contributed by atoms with E-state index in [0.29, 0.717) is 13.1 Å². The number of nitrogens with zero attached hydrogens (tertiary/aromatic N) is 5. The van der Waals surface area contributed by atoms with Crippen LogP contribution in [-0.2, 0) is 19.6 Å². The average Bonchev–Trinajstić information content (AvgIpc) is 3.17. The van der Waals surface area contributed by atoms with Crippen LogP contribution in [0.1, 0.15) is 16.7 Å². The van der Waals surface area contributed by atoms with Crippen LogP contribution < -0.4 is 5.32 Å². The van der Waals surface area contributed by atoms with Crippen molar-refractivity contribution in [3.63, 3.8) is 0 Å². The highest BCUT2D eigenvalue weighted by atomic mass is 127. The van der Waals surface area contributed by atoms with E-state index >= 15 is 0 Å². The molecule has 0 saturated carbocycles. The van der Waals surface area contributed by atoms with Gasteiger partial charge in [0.05, 0.1) is 6.54 Å². The fourth-order valence-corrected chi connectivity index (χ4v) is 2.97. The SMILES string of the molecule is CN=C(NCc1cccc(Cn2cncn2)c1)N(C)Cc1ccc(Cl)cc1.I. The zero-order valence-electron chi connectivity index (χ0n) is 15.9. The molecule has 2 aromatic carbocycles. The van der Waals surface area contributed by atoms with Gasteiger partial charge >= 0.3 is 0 Å². The Kier molecular flexibility index (Phi) is 8.72. The molecule has 0 bridgehead atoms. The Morgan fingerprint density at radius 1 is 1.14 bits per heavy atom. The number of hydrogen-bond acceptors (Lipinski definition) is 3. The lowest BCUT2D eigenvalue weighted by Crippen LogP contribution is -2.38. The Labute approximate surface area is 187 Å². The minimum absolute atomic E-state index is 0. The maximum Gasteiger partial charge on any atom is 0.193 e. The van der Waals surface area contributed by atoms with Crippen molar-refractivity contribution >= 4 is 41.5 Å². The van der Waals surface area contributed by atoms with Crippen LogP contribution in [0.25, 0.3) is 0 Å². The van der Waals surface area contributed by atoms with E-state index in [1.54, 1.807) is 19.7 Å². The van der Waals surface area contributed by atoms with Gasteiger partial charge in [0.1, 0.15) is 12.7 Å². The topological polar surface area (TPSA) is 58.3 Å². The Morgan fingerprint density at radius 2 is 1.89 bits per heavy atom. The zero-order valence-corrected chi connectivity index (χ0v) is 19.0. The van der Waals surface area contributed by atoms with Crippen molar-refractivity contribution in [1.82, 2.24) is 25.0 Å². The van der Waals surface area contributed by atoms with Crippen molar-refractivity contribution in [3.05, 3.63) is 82.9 Å². The van der Waals surface area contributed by atoms with E-state index in [9.17, 15) is 0 Å². The van der Waals surface area contributed by atoms with E-state index in [0.717, 1.165) is 17.5 Å². The standard InChI is InChI=1S/C20H23ClN6.HI/c1-22-20(26(2)12-16-6-8-19(21)9-7-16)24-11-17-4-3-5-18(10-17)13-27-15-23-14-25-27;/h3-10,14-15H,11-13H2,1-2H3,(H,22,24);1H. The highest BCUT2D eigenvalue weighted by Gasteiger charge is 2.07. The number of benzene rings is 2. The Hall–Kier alpha value is -2.13. The van der Waals surface area contributed by atoms with E-state index in [1.165, 1.54) is 16.7 Å². The number of aliphatic imine (C=N–C) groups is 1. The minimum Gasteiger partial charge on any atom is -0.352 e. The predicted molar refractivity (Wildman–Crippen MR) is 124 cm³/mol. The van der Waals surface area contributed by atoms with Crippen molar-refractivity contribution < 1.29 is 0 Å². The lowest BCUT2D eigenvalue weighted by molar-refractivity contribution is 0.476. The molecule has 0 atom stereocenters. The first-order chi connectivity index (χ1) is 13.1. The first kappa shape index (κ1) is 22.2. The van der Waals surface area contributed by atoms with Crippen LogP contribution in [0.3, 0.4) is 0 Å². The summed E-state index contributed by atoms with van der Waals surface area (Å²) < 4.78 is 1.81. The summed E-state index contributed by atoms with van der Waals surface area (Å²) in [7, 11) is 3.81. The summed E-state index contributed by atoms with van der Waals surface area (Å²) in [6.45, 7) is 2.16. The third kappa shape index (κ3) is 6.49. The largest absolute Gasteiger partial charge is 0.352 e. The molecule has 6 nitrogen and oxygen atoms in total. The van der Waals surface area contributed by atoms with Crippen molar-refractivity contribution in [3.8, 4) is 0 Å². The molecule has 3 rings (SSSR count). The number of aromatic nitrogens is 3. The number of guanidine groups is 1. The molecule has 0 fully saturated rings. The van der Waals surface area contributed by atoms with Gasteiger partial charge in [-0.15, -0.1) is 24.0 Å². The molecule has 0 saturated heterocycles. The van der Waals surface area contributed by atoms with Crippen LogP contribution in [0.2, 0.25) is 5.02 Å². The molecule has 28 heavy (non-hydrogen) atoms. The second-order valence-corrected chi connectivity index (χ2v) is 6.73. The number of nitrogens with one attached hydrogen (secondary N) is 1. The summed E-state index contributed by atoms with van der Waals surface area (Å²) in [5.41, 5.74) is 3.55. The molecule has 3 aromatic rings. The highest BCUT2D eigenvalue weighted by Crippen LogP contribution is 2.11. The number of halogens is 2. The van der Waals surface area contributed by atoms with Gasteiger partial charge in [-0.25, -0.2) is 9.67 Å². The molecule has 0 unspecified atom stereocenters. The first-order valence-electron chi connectivity index (χ1n) is 8.70. The summed E-state index contributed by atoms with van der Waals surface area (Å²) in [5.74, 6) is 0.839. The Balaban J connectivity index is 0.00000280. The fraction of sp³-hybridized carbons (Fsp3) is 0.250. The van der Waals surface area contributed by atoms with Crippen LogP contribution in [0.15, 0.2) is 66.2 Å². The molecule has 148 valence electrons. The van der Waals surface area contributed by atoms with Gasteiger partial charge in [0.2, 0.25) is 0 Å². The van der Waals surface area contributed by atoms with Crippen LogP contribution >= 0.6 is 35.6 Å². The van der Waals surface area contributed by atoms with Crippen molar-refractivity contribution in [2.24, 2.45) is 4.99 Å². The minimum atomic E-state index is 0. The van der Waals surface area contributed by atoms with Crippen LogP contribution in [0.5, 0.6) is 0 Å². The summed E-state index contributed by atoms with van der Waals surface area (Å²) in [6, 6.07) is 16.3. The zero-order chi connectivity index (χ0) is 19.1. The molecule has 1 N–H and O–H groups in total. The van der Waals surface area contributed by atoms with Crippen LogP contribution in [-0.4, -0.2) is 39.7 Å². The molecular weight excluding hydrogens is 487 g/mol. The van der Waals surface area contributed by atoms with E-state index < -0.39 is 0 Å². The average molecular weight is 511 g/mol. The van der Waals surface area contributed by atoms with Gasteiger partial charge in [-0.2, -0.15) is 5.10 Å². The van der Waals surface area contributed by atoms with Gasteiger partial charge in [-0.1, -0.05) is 48.0 Å². The van der Waals surface area contributed by atoms with E-state index in [2.05, 4.69) is 49.6 Å². The van der Waals surface area contributed by atoms with Gasteiger partial charge in [-0.05, 0) is 28.8 Å². The predicted octanol–water partition coefficient (Wildman–Crippen LogP) is 3.81. The second kappa shape index (κ2) is 11.0. The Bertz CT molecular complexity index is 880. The normalized spacial score (nSPS) is 11.0. The summed E-state index contributed by atoms with van der Waals surface area (Å²) in [6.07, 6.45) is 3.27. The summed E-state index contributed by atoms with van der Waals surface area (Å²) in [5, 5.41) is 8.32. The first-order valence-corrected chi connectivity index (χ1v) is 9.08. The molecule has 0 spiro atoms. The van der Waals surface area contributed by atoms with Crippen molar-refractivity contribution in [2.75, 3.05) is 14.1 Å². The molecule has 8 heteroatoms. The van der Waals surface area contributed by atoms with E-state index in [1.807, 2.05) is 36.0 Å². The molecule has 0 aliphatic carbocycles. The molecular formula is C20H24ClIN6. The fourth-order valence-electron chi connectivity index (χ4n) is 2.84. The van der Waals surface area contributed by atoms with Gasteiger partial charge < -0.3 is 10.2 Å². The molecule has 0 radical (unpaired) electrons. The van der Waals surface area contributed by atoms with Crippen molar-refractivity contribution in [1.29, 1.82) is 0 Å². The lowest BCUT2D eigenvalue weighted by Gasteiger charge is -2.22. The lowest BCUT2D eigenvalue weighted by atomic mass is 10.1. The summed E-state index contributed by atoms with van der Waals surface area (Å²) in [4.78, 5) is 10.4. The van der Waals surface area contributed by atoms with Crippen molar-refractivity contribution in [2.45, 2.75) is 19.6 Å². The molecule has 1 heterocycles. The van der Waals surface area contributed by atoms with Crippen LogP contribution in [0.4, 0.5) is 0 Å². The monoisotopic (exact) mass is 510 g/mol.